The largest absolute Gasteiger partial charge is 0.370 e. The predicted octanol–water partition coefficient (Wildman–Crippen LogP) is 2.53. The van der Waals surface area contributed by atoms with E-state index in [0.29, 0.717) is 17.5 Å². The van der Waals surface area contributed by atoms with E-state index in [1.807, 2.05) is 25.1 Å². The Labute approximate surface area is 156 Å². The first-order valence-corrected chi connectivity index (χ1v) is 10.6. The van der Waals surface area contributed by atoms with Crippen molar-refractivity contribution in [3.63, 3.8) is 0 Å². The van der Waals surface area contributed by atoms with Crippen molar-refractivity contribution in [3.8, 4) is 0 Å². The molecule has 1 unspecified atom stereocenters. The molecule has 140 valence electrons. The van der Waals surface area contributed by atoms with Gasteiger partial charge in [-0.05, 0) is 50.6 Å². The minimum Gasteiger partial charge on any atom is -0.370 e. The lowest BCUT2D eigenvalue weighted by Crippen LogP contribution is -2.35. The first kappa shape index (κ1) is 18.9. The number of anilines is 1. The van der Waals surface area contributed by atoms with Crippen LogP contribution in [0, 0.1) is 6.92 Å². The Kier molecular flexibility index (Phi) is 6.29. The normalized spacial score (nSPS) is 17.6. The van der Waals surface area contributed by atoms with E-state index in [4.69, 9.17) is 0 Å². The monoisotopic (exact) mass is 373 g/mol. The maximum Gasteiger partial charge on any atom is 0.240 e. The average Bonchev–Trinajstić information content (AvgIpc) is 3.11. The molecule has 0 spiro atoms. The number of hydrogen-bond acceptors (Lipinski definition) is 4. The van der Waals surface area contributed by atoms with Gasteiger partial charge >= 0.3 is 0 Å². The molecule has 1 atom stereocenters. The Hall–Kier alpha value is -1.89. The fraction of sp³-hybridized carbons (Fsp3) is 0.400. The van der Waals surface area contributed by atoms with E-state index in [0.717, 1.165) is 38.0 Å². The van der Waals surface area contributed by atoms with Gasteiger partial charge in [-0.2, -0.15) is 0 Å². The second-order valence-electron chi connectivity index (χ2n) is 6.79. The SMILES string of the molecule is Cc1ccc(S(=O)(=O)NCCCNC2CCN(c3ccccc3)C2)cc1. The van der Waals surface area contributed by atoms with Gasteiger partial charge in [-0.3, -0.25) is 0 Å². The molecule has 0 aliphatic carbocycles. The van der Waals surface area contributed by atoms with Crippen molar-refractivity contribution in [2.45, 2.75) is 30.7 Å². The zero-order valence-electron chi connectivity index (χ0n) is 15.2. The van der Waals surface area contributed by atoms with Crippen LogP contribution in [0.2, 0.25) is 0 Å². The van der Waals surface area contributed by atoms with Gasteiger partial charge in [-0.25, -0.2) is 13.1 Å². The van der Waals surface area contributed by atoms with Crippen molar-refractivity contribution in [1.29, 1.82) is 0 Å². The van der Waals surface area contributed by atoms with Crippen LogP contribution in [0.5, 0.6) is 0 Å². The number of para-hydroxylation sites is 1. The highest BCUT2D eigenvalue weighted by molar-refractivity contribution is 7.89. The molecular formula is C20H27N3O2S. The van der Waals surface area contributed by atoms with Crippen molar-refractivity contribution >= 4 is 15.7 Å². The van der Waals surface area contributed by atoms with Gasteiger partial charge in [0.1, 0.15) is 0 Å². The molecule has 0 aromatic heterocycles. The molecule has 1 saturated heterocycles. The van der Waals surface area contributed by atoms with Crippen LogP contribution >= 0.6 is 0 Å². The van der Waals surface area contributed by atoms with E-state index in [1.165, 1.54) is 5.69 Å². The van der Waals surface area contributed by atoms with Crippen LogP contribution in [0.3, 0.4) is 0 Å². The lowest BCUT2D eigenvalue weighted by Gasteiger charge is -2.19. The fourth-order valence-electron chi connectivity index (χ4n) is 3.20. The molecule has 0 saturated carbocycles. The summed E-state index contributed by atoms with van der Waals surface area (Å²) in [6.07, 6.45) is 1.89. The molecule has 1 aliphatic rings. The number of aryl methyl sites for hydroxylation is 1. The highest BCUT2D eigenvalue weighted by Gasteiger charge is 2.21. The first-order valence-electron chi connectivity index (χ1n) is 9.14. The summed E-state index contributed by atoms with van der Waals surface area (Å²) in [4.78, 5) is 2.71. The van der Waals surface area contributed by atoms with Crippen LogP contribution in [0.15, 0.2) is 59.5 Å². The molecule has 1 aliphatic heterocycles. The summed E-state index contributed by atoms with van der Waals surface area (Å²) in [5, 5.41) is 3.54. The van der Waals surface area contributed by atoms with Gasteiger partial charge in [0.2, 0.25) is 10.0 Å². The molecule has 2 N–H and O–H groups in total. The van der Waals surface area contributed by atoms with Gasteiger partial charge < -0.3 is 10.2 Å². The van der Waals surface area contributed by atoms with Gasteiger partial charge in [0.15, 0.2) is 0 Å². The Bertz CT molecular complexity index is 792. The van der Waals surface area contributed by atoms with Gasteiger partial charge in [0, 0.05) is 31.4 Å². The van der Waals surface area contributed by atoms with Crippen molar-refractivity contribution in [3.05, 3.63) is 60.2 Å². The zero-order chi connectivity index (χ0) is 18.4. The molecular weight excluding hydrogens is 346 g/mol. The quantitative estimate of drug-likeness (QED) is 0.698. The molecule has 5 nitrogen and oxygen atoms in total. The average molecular weight is 374 g/mol. The number of rotatable bonds is 8. The van der Waals surface area contributed by atoms with Crippen LogP contribution < -0.4 is 14.9 Å². The maximum atomic E-state index is 12.2. The zero-order valence-corrected chi connectivity index (χ0v) is 16.0. The number of sulfonamides is 1. The lowest BCUT2D eigenvalue weighted by atomic mass is 10.2. The maximum absolute atomic E-state index is 12.2. The van der Waals surface area contributed by atoms with Gasteiger partial charge in [-0.15, -0.1) is 0 Å². The molecule has 0 radical (unpaired) electrons. The van der Waals surface area contributed by atoms with Crippen LogP contribution in [-0.4, -0.2) is 40.6 Å². The van der Waals surface area contributed by atoms with E-state index in [9.17, 15) is 8.42 Å². The third-order valence-corrected chi connectivity index (χ3v) is 6.20. The third-order valence-electron chi connectivity index (χ3n) is 4.72. The predicted molar refractivity (Wildman–Crippen MR) is 106 cm³/mol. The molecule has 1 heterocycles. The summed E-state index contributed by atoms with van der Waals surface area (Å²) < 4.78 is 27.1. The molecule has 2 aromatic carbocycles. The fourth-order valence-corrected chi connectivity index (χ4v) is 4.28. The second-order valence-corrected chi connectivity index (χ2v) is 8.55. The smallest absolute Gasteiger partial charge is 0.240 e. The van der Waals surface area contributed by atoms with Crippen molar-refractivity contribution in [2.24, 2.45) is 0 Å². The lowest BCUT2D eigenvalue weighted by molar-refractivity contribution is 0.532. The molecule has 6 heteroatoms. The third kappa shape index (κ3) is 5.06. The summed E-state index contributed by atoms with van der Waals surface area (Å²) in [5.74, 6) is 0. The highest BCUT2D eigenvalue weighted by Crippen LogP contribution is 2.19. The Morgan fingerprint density at radius 1 is 1.04 bits per heavy atom. The van der Waals surface area contributed by atoms with E-state index in [2.05, 4.69) is 39.2 Å². The molecule has 26 heavy (non-hydrogen) atoms. The van der Waals surface area contributed by atoms with E-state index >= 15 is 0 Å². The summed E-state index contributed by atoms with van der Waals surface area (Å²) in [6.45, 7) is 5.25. The van der Waals surface area contributed by atoms with E-state index in [-0.39, 0.29) is 0 Å². The van der Waals surface area contributed by atoms with Crippen molar-refractivity contribution in [2.75, 3.05) is 31.1 Å². The van der Waals surface area contributed by atoms with Crippen LogP contribution in [0.1, 0.15) is 18.4 Å². The first-order chi connectivity index (χ1) is 12.5. The second kappa shape index (κ2) is 8.66. The van der Waals surface area contributed by atoms with E-state index < -0.39 is 10.0 Å². The number of nitrogens with one attached hydrogen (secondary N) is 2. The summed E-state index contributed by atoms with van der Waals surface area (Å²) in [7, 11) is -3.41. The van der Waals surface area contributed by atoms with Crippen LogP contribution in [-0.2, 0) is 10.0 Å². The summed E-state index contributed by atoms with van der Waals surface area (Å²) in [6, 6.07) is 17.8. The highest BCUT2D eigenvalue weighted by atomic mass is 32.2. The van der Waals surface area contributed by atoms with E-state index in [1.54, 1.807) is 12.1 Å². The van der Waals surface area contributed by atoms with Crippen molar-refractivity contribution in [1.82, 2.24) is 10.0 Å². The van der Waals surface area contributed by atoms with Crippen LogP contribution in [0.25, 0.3) is 0 Å². The van der Waals surface area contributed by atoms with Gasteiger partial charge in [-0.1, -0.05) is 35.9 Å². The minimum absolute atomic E-state index is 0.324. The molecule has 2 aromatic rings. The van der Waals surface area contributed by atoms with Crippen LogP contribution in [0.4, 0.5) is 5.69 Å². The summed E-state index contributed by atoms with van der Waals surface area (Å²) >= 11 is 0. The summed E-state index contributed by atoms with van der Waals surface area (Å²) in [5.41, 5.74) is 2.32. The van der Waals surface area contributed by atoms with Crippen molar-refractivity contribution < 1.29 is 8.42 Å². The Balaban J connectivity index is 1.36. The number of benzene rings is 2. The standard InChI is InChI=1S/C20H27N3O2S/c1-17-8-10-20(11-9-17)26(24,25)22-14-5-13-21-18-12-15-23(16-18)19-6-3-2-4-7-19/h2-4,6-11,18,21-22H,5,12-16H2,1H3. The molecule has 3 rings (SSSR count). The molecule has 0 amide bonds. The topological polar surface area (TPSA) is 61.4 Å². The molecule has 0 bridgehead atoms. The minimum atomic E-state index is -3.41. The number of hydrogen-bond donors (Lipinski definition) is 2. The number of nitrogens with zero attached hydrogens (tertiary/aromatic N) is 1. The molecule has 1 fully saturated rings. The van der Waals surface area contributed by atoms with Gasteiger partial charge in [0.25, 0.3) is 0 Å². The van der Waals surface area contributed by atoms with Gasteiger partial charge in [0.05, 0.1) is 4.90 Å². The Morgan fingerprint density at radius 2 is 1.77 bits per heavy atom. The Morgan fingerprint density at radius 3 is 2.50 bits per heavy atom.